The summed E-state index contributed by atoms with van der Waals surface area (Å²) in [5.74, 6) is 0. The van der Waals surface area contributed by atoms with E-state index in [1.807, 2.05) is 39.0 Å². The third-order valence-corrected chi connectivity index (χ3v) is 3.19. The lowest BCUT2D eigenvalue weighted by atomic mass is 9.98. The Balaban J connectivity index is 2.21. The zero-order valence-corrected chi connectivity index (χ0v) is 11.5. The van der Waals surface area contributed by atoms with Crippen molar-refractivity contribution in [1.82, 2.24) is 9.88 Å². The molecule has 2 heterocycles. The molecule has 0 aliphatic carbocycles. The van der Waals surface area contributed by atoms with Crippen LogP contribution in [0, 0.1) is 0 Å². The first-order valence-corrected chi connectivity index (χ1v) is 6.43. The lowest BCUT2D eigenvalue weighted by Crippen LogP contribution is -2.54. The van der Waals surface area contributed by atoms with E-state index < -0.39 is 11.6 Å². The second-order valence-corrected chi connectivity index (χ2v) is 5.79. The SMILES string of the molecule is CC(C)(C)N(C(=O)O)[C@@H](Cc1ccccn1)[C@H]1CO1. The van der Waals surface area contributed by atoms with Gasteiger partial charge in [-0.1, -0.05) is 6.07 Å². The van der Waals surface area contributed by atoms with Crippen LogP contribution in [0.3, 0.4) is 0 Å². The lowest BCUT2D eigenvalue weighted by molar-refractivity contribution is 0.0591. The molecule has 0 unspecified atom stereocenters. The minimum atomic E-state index is -0.913. The zero-order chi connectivity index (χ0) is 14.0. The summed E-state index contributed by atoms with van der Waals surface area (Å²) in [4.78, 5) is 17.3. The summed E-state index contributed by atoms with van der Waals surface area (Å²) in [6.07, 6.45) is 1.37. The van der Waals surface area contributed by atoms with Gasteiger partial charge in [0.1, 0.15) is 6.10 Å². The van der Waals surface area contributed by atoms with Crippen LogP contribution < -0.4 is 0 Å². The molecule has 1 fully saturated rings. The molecule has 104 valence electrons. The summed E-state index contributed by atoms with van der Waals surface area (Å²) in [5.41, 5.74) is 0.426. The molecule has 5 heteroatoms. The Morgan fingerprint density at radius 1 is 1.58 bits per heavy atom. The lowest BCUT2D eigenvalue weighted by Gasteiger charge is -2.39. The zero-order valence-electron chi connectivity index (χ0n) is 11.5. The highest BCUT2D eigenvalue weighted by Gasteiger charge is 2.43. The molecule has 0 aromatic carbocycles. The molecular formula is C14H20N2O3. The van der Waals surface area contributed by atoms with Crippen LogP contribution in [-0.4, -0.2) is 45.4 Å². The Labute approximate surface area is 113 Å². The van der Waals surface area contributed by atoms with E-state index in [0.717, 1.165) is 5.69 Å². The molecule has 2 rings (SSSR count). The summed E-state index contributed by atoms with van der Waals surface area (Å²) in [5, 5.41) is 9.48. The monoisotopic (exact) mass is 264 g/mol. The van der Waals surface area contributed by atoms with E-state index in [1.54, 1.807) is 6.20 Å². The Bertz CT molecular complexity index is 438. The average molecular weight is 264 g/mol. The second-order valence-electron chi connectivity index (χ2n) is 5.79. The Hall–Kier alpha value is -1.62. The molecule has 1 aromatic heterocycles. The molecule has 19 heavy (non-hydrogen) atoms. The van der Waals surface area contributed by atoms with Gasteiger partial charge in [-0.05, 0) is 32.9 Å². The summed E-state index contributed by atoms with van der Waals surface area (Å²) in [7, 11) is 0. The van der Waals surface area contributed by atoms with Gasteiger partial charge in [0.2, 0.25) is 0 Å². The fourth-order valence-corrected chi connectivity index (χ4v) is 2.33. The number of hydrogen-bond donors (Lipinski definition) is 1. The highest BCUT2D eigenvalue weighted by atomic mass is 16.6. The number of carbonyl (C=O) groups is 1. The van der Waals surface area contributed by atoms with Crippen LogP contribution in [0.4, 0.5) is 4.79 Å². The first-order valence-electron chi connectivity index (χ1n) is 6.43. The van der Waals surface area contributed by atoms with Gasteiger partial charge in [0, 0.05) is 23.9 Å². The van der Waals surface area contributed by atoms with Gasteiger partial charge in [-0.2, -0.15) is 0 Å². The molecular weight excluding hydrogens is 244 g/mol. The van der Waals surface area contributed by atoms with E-state index >= 15 is 0 Å². The maximum absolute atomic E-state index is 11.6. The van der Waals surface area contributed by atoms with Crippen molar-refractivity contribution in [3.63, 3.8) is 0 Å². The van der Waals surface area contributed by atoms with E-state index in [2.05, 4.69) is 4.98 Å². The molecule has 1 aliphatic rings. The fourth-order valence-electron chi connectivity index (χ4n) is 2.33. The van der Waals surface area contributed by atoms with Crippen molar-refractivity contribution in [3.05, 3.63) is 30.1 Å². The highest BCUT2D eigenvalue weighted by Crippen LogP contribution is 2.28. The Kier molecular flexibility index (Phi) is 3.75. The molecule has 1 aliphatic heterocycles. The molecule has 0 saturated carbocycles. The number of ether oxygens (including phenoxy) is 1. The summed E-state index contributed by atoms with van der Waals surface area (Å²) >= 11 is 0. The van der Waals surface area contributed by atoms with Crippen molar-refractivity contribution >= 4 is 6.09 Å². The van der Waals surface area contributed by atoms with Crippen LogP contribution in [-0.2, 0) is 11.2 Å². The third kappa shape index (κ3) is 3.44. The minimum Gasteiger partial charge on any atom is -0.465 e. The molecule has 0 radical (unpaired) electrons. The first-order chi connectivity index (χ1) is 8.89. The number of aromatic nitrogens is 1. The van der Waals surface area contributed by atoms with Gasteiger partial charge in [0.15, 0.2) is 0 Å². The maximum atomic E-state index is 11.6. The van der Waals surface area contributed by atoms with Gasteiger partial charge in [-0.3, -0.25) is 9.88 Å². The van der Waals surface area contributed by atoms with Gasteiger partial charge in [0.25, 0.3) is 0 Å². The molecule has 1 amide bonds. The van der Waals surface area contributed by atoms with Crippen LogP contribution >= 0.6 is 0 Å². The van der Waals surface area contributed by atoms with Crippen LogP contribution in [0.2, 0.25) is 0 Å². The summed E-state index contributed by atoms with van der Waals surface area (Å²) < 4.78 is 5.34. The Morgan fingerprint density at radius 3 is 2.68 bits per heavy atom. The van der Waals surface area contributed by atoms with Crippen LogP contribution in [0.15, 0.2) is 24.4 Å². The molecule has 0 bridgehead atoms. The molecule has 0 spiro atoms. The summed E-state index contributed by atoms with van der Waals surface area (Å²) in [6.45, 7) is 6.32. The predicted octanol–water partition coefficient (Wildman–Crippen LogP) is 2.17. The molecule has 5 nitrogen and oxygen atoms in total. The number of carboxylic acid groups (broad SMARTS) is 1. The topological polar surface area (TPSA) is 66.0 Å². The van der Waals surface area contributed by atoms with Gasteiger partial charge in [0.05, 0.1) is 12.6 Å². The fraction of sp³-hybridized carbons (Fsp3) is 0.571. The molecule has 1 N–H and O–H groups in total. The van der Waals surface area contributed by atoms with Crippen LogP contribution in [0.25, 0.3) is 0 Å². The number of nitrogens with zero attached hydrogens (tertiary/aromatic N) is 2. The third-order valence-electron chi connectivity index (χ3n) is 3.19. The minimum absolute atomic E-state index is 0.0164. The van der Waals surface area contributed by atoms with Crippen LogP contribution in [0.1, 0.15) is 26.5 Å². The van der Waals surface area contributed by atoms with Crippen molar-refractivity contribution in [2.75, 3.05) is 6.61 Å². The van der Waals surface area contributed by atoms with E-state index in [-0.39, 0.29) is 12.1 Å². The quantitative estimate of drug-likeness (QED) is 0.846. The van der Waals surface area contributed by atoms with E-state index in [0.29, 0.717) is 13.0 Å². The van der Waals surface area contributed by atoms with Gasteiger partial charge < -0.3 is 9.84 Å². The number of rotatable bonds is 4. The maximum Gasteiger partial charge on any atom is 0.408 e. The molecule has 1 aromatic rings. The van der Waals surface area contributed by atoms with Crippen molar-refractivity contribution in [2.45, 2.75) is 44.9 Å². The van der Waals surface area contributed by atoms with Crippen molar-refractivity contribution < 1.29 is 14.6 Å². The number of hydrogen-bond acceptors (Lipinski definition) is 3. The van der Waals surface area contributed by atoms with Crippen molar-refractivity contribution in [1.29, 1.82) is 0 Å². The van der Waals surface area contributed by atoms with Crippen LogP contribution in [0.5, 0.6) is 0 Å². The summed E-state index contributed by atoms with van der Waals surface area (Å²) in [6, 6.07) is 5.49. The van der Waals surface area contributed by atoms with Gasteiger partial charge in [-0.15, -0.1) is 0 Å². The standard InChI is InChI=1S/C14H20N2O3/c1-14(2,3)16(13(17)18)11(12-9-19-12)8-10-6-4-5-7-15-10/h4-7,11-12H,8-9H2,1-3H3,(H,17,18)/t11-,12+/m0/s1. The van der Waals surface area contributed by atoms with E-state index in [1.165, 1.54) is 4.90 Å². The Morgan fingerprint density at radius 2 is 2.26 bits per heavy atom. The largest absolute Gasteiger partial charge is 0.465 e. The van der Waals surface area contributed by atoms with Crippen molar-refractivity contribution in [2.24, 2.45) is 0 Å². The van der Waals surface area contributed by atoms with E-state index in [4.69, 9.17) is 4.74 Å². The van der Waals surface area contributed by atoms with Gasteiger partial charge >= 0.3 is 6.09 Å². The smallest absolute Gasteiger partial charge is 0.408 e. The van der Waals surface area contributed by atoms with E-state index in [9.17, 15) is 9.90 Å². The number of amides is 1. The molecule has 2 atom stereocenters. The van der Waals surface area contributed by atoms with Gasteiger partial charge in [-0.25, -0.2) is 4.79 Å². The normalized spacial score (nSPS) is 19.8. The predicted molar refractivity (Wildman–Crippen MR) is 71.1 cm³/mol. The average Bonchev–Trinajstić information content (AvgIpc) is 3.10. The number of pyridine rings is 1. The second kappa shape index (κ2) is 5.17. The molecule has 1 saturated heterocycles. The number of epoxide rings is 1. The first kappa shape index (κ1) is 13.8. The van der Waals surface area contributed by atoms with Crippen molar-refractivity contribution in [3.8, 4) is 0 Å². The highest BCUT2D eigenvalue weighted by molar-refractivity contribution is 5.66.